The molecule has 0 radical (unpaired) electrons. The van der Waals surface area contributed by atoms with E-state index in [0.717, 1.165) is 35.6 Å². The summed E-state index contributed by atoms with van der Waals surface area (Å²) < 4.78 is 0. The van der Waals surface area contributed by atoms with E-state index < -0.39 is 0 Å². The van der Waals surface area contributed by atoms with Gasteiger partial charge in [-0.15, -0.1) is 11.3 Å². The molecule has 110 valence electrons. The Morgan fingerprint density at radius 1 is 1.38 bits per heavy atom. The summed E-state index contributed by atoms with van der Waals surface area (Å²) in [6, 6.07) is 8.30. The van der Waals surface area contributed by atoms with Gasteiger partial charge in [0.05, 0.1) is 0 Å². The molecule has 1 saturated heterocycles. The molecule has 2 heterocycles. The van der Waals surface area contributed by atoms with E-state index in [1.54, 1.807) is 17.5 Å². The summed E-state index contributed by atoms with van der Waals surface area (Å²) in [4.78, 5) is 16.6. The Hall–Kier alpha value is -1.72. The Kier molecular flexibility index (Phi) is 4.31. The maximum absolute atomic E-state index is 12.3. The summed E-state index contributed by atoms with van der Waals surface area (Å²) in [7, 11) is 0. The van der Waals surface area contributed by atoms with Gasteiger partial charge in [0, 0.05) is 34.8 Å². The molecule has 1 amide bonds. The number of hydrogen-bond donors (Lipinski definition) is 2. The lowest BCUT2D eigenvalue weighted by Crippen LogP contribution is -2.40. The quantitative estimate of drug-likeness (QED) is 0.915. The third-order valence-corrected chi connectivity index (χ3v) is 4.65. The smallest absolute Gasteiger partial charge is 0.227 e. The van der Waals surface area contributed by atoms with Crippen molar-refractivity contribution in [3.05, 3.63) is 35.8 Å². The van der Waals surface area contributed by atoms with E-state index in [2.05, 4.69) is 22.5 Å². The third kappa shape index (κ3) is 3.49. The van der Waals surface area contributed by atoms with Crippen molar-refractivity contribution in [2.24, 2.45) is 5.92 Å². The predicted molar refractivity (Wildman–Crippen MR) is 86.4 cm³/mol. The lowest BCUT2D eigenvalue weighted by molar-refractivity contribution is -0.120. The van der Waals surface area contributed by atoms with Crippen molar-refractivity contribution < 1.29 is 4.79 Å². The molecule has 0 aliphatic carbocycles. The van der Waals surface area contributed by atoms with Crippen molar-refractivity contribution in [3.63, 3.8) is 0 Å². The van der Waals surface area contributed by atoms with Crippen molar-refractivity contribution in [3.8, 4) is 10.6 Å². The van der Waals surface area contributed by atoms with Crippen LogP contribution in [-0.2, 0) is 4.79 Å². The highest BCUT2D eigenvalue weighted by Crippen LogP contribution is 2.24. The van der Waals surface area contributed by atoms with Gasteiger partial charge in [0.1, 0.15) is 5.01 Å². The monoisotopic (exact) mass is 301 g/mol. The molecule has 2 atom stereocenters. The minimum Gasteiger partial charge on any atom is -0.326 e. The van der Waals surface area contributed by atoms with Crippen LogP contribution in [0.4, 0.5) is 5.69 Å². The second-order valence-electron chi connectivity index (χ2n) is 5.48. The van der Waals surface area contributed by atoms with Crippen LogP contribution in [0.5, 0.6) is 0 Å². The molecule has 1 aliphatic rings. The second-order valence-corrected chi connectivity index (χ2v) is 6.37. The minimum atomic E-state index is 0.111. The summed E-state index contributed by atoms with van der Waals surface area (Å²) in [6.07, 6.45) is 3.62. The van der Waals surface area contributed by atoms with Gasteiger partial charge in [-0.3, -0.25) is 4.79 Å². The zero-order valence-electron chi connectivity index (χ0n) is 12.0. The van der Waals surface area contributed by atoms with Gasteiger partial charge in [0.25, 0.3) is 0 Å². The summed E-state index contributed by atoms with van der Waals surface area (Å²) in [5.74, 6) is 0.241. The average molecular weight is 301 g/mol. The van der Waals surface area contributed by atoms with Gasteiger partial charge in [-0.2, -0.15) is 0 Å². The number of thiazole rings is 1. The molecule has 1 aliphatic heterocycles. The molecule has 0 spiro atoms. The van der Waals surface area contributed by atoms with Gasteiger partial charge in [-0.1, -0.05) is 0 Å². The molecule has 0 bridgehead atoms. The zero-order valence-corrected chi connectivity index (χ0v) is 12.8. The van der Waals surface area contributed by atoms with E-state index >= 15 is 0 Å². The lowest BCUT2D eigenvalue weighted by atomic mass is 9.92. The topological polar surface area (TPSA) is 54.0 Å². The molecule has 3 rings (SSSR count). The van der Waals surface area contributed by atoms with Gasteiger partial charge >= 0.3 is 0 Å². The Morgan fingerprint density at radius 2 is 2.19 bits per heavy atom. The summed E-state index contributed by atoms with van der Waals surface area (Å²) >= 11 is 1.61. The Bertz CT molecular complexity index is 594. The number of carbonyl (C=O) groups excluding carboxylic acids is 1. The van der Waals surface area contributed by atoms with Crippen LogP contribution in [-0.4, -0.2) is 23.5 Å². The Balaban J connectivity index is 1.63. The van der Waals surface area contributed by atoms with Crippen LogP contribution in [0.2, 0.25) is 0 Å². The number of anilines is 1. The number of nitrogens with one attached hydrogen (secondary N) is 2. The van der Waals surface area contributed by atoms with Crippen LogP contribution in [0.3, 0.4) is 0 Å². The minimum absolute atomic E-state index is 0.111. The maximum atomic E-state index is 12.3. The molecule has 1 aromatic carbocycles. The first-order valence-corrected chi connectivity index (χ1v) is 8.14. The fraction of sp³-hybridized carbons (Fsp3) is 0.375. The van der Waals surface area contributed by atoms with Crippen LogP contribution in [0.15, 0.2) is 35.8 Å². The van der Waals surface area contributed by atoms with Gasteiger partial charge in [-0.05, 0) is 50.6 Å². The first-order valence-electron chi connectivity index (χ1n) is 7.26. The van der Waals surface area contributed by atoms with Crippen molar-refractivity contribution in [2.75, 3.05) is 11.9 Å². The van der Waals surface area contributed by atoms with Crippen LogP contribution < -0.4 is 10.6 Å². The summed E-state index contributed by atoms with van der Waals surface area (Å²) in [5, 5.41) is 9.35. The van der Waals surface area contributed by atoms with E-state index in [1.807, 2.05) is 29.6 Å². The lowest BCUT2D eigenvalue weighted by Gasteiger charge is -2.27. The Labute approximate surface area is 128 Å². The van der Waals surface area contributed by atoms with Crippen LogP contribution in [0, 0.1) is 5.92 Å². The molecule has 2 aromatic rings. The molecule has 21 heavy (non-hydrogen) atoms. The van der Waals surface area contributed by atoms with Crippen molar-refractivity contribution in [1.29, 1.82) is 0 Å². The van der Waals surface area contributed by atoms with Crippen molar-refractivity contribution >= 4 is 22.9 Å². The molecular weight excluding hydrogens is 282 g/mol. The summed E-state index contributed by atoms with van der Waals surface area (Å²) in [5.41, 5.74) is 1.94. The maximum Gasteiger partial charge on any atom is 0.227 e. The van der Waals surface area contributed by atoms with Gasteiger partial charge in [-0.25, -0.2) is 4.98 Å². The fourth-order valence-electron chi connectivity index (χ4n) is 2.68. The third-order valence-electron chi connectivity index (χ3n) is 3.83. The molecule has 1 fully saturated rings. The number of nitrogens with zero attached hydrogens (tertiary/aromatic N) is 1. The highest BCUT2D eigenvalue weighted by molar-refractivity contribution is 7.13. The van der Waals surface area contributed by atoms with Crippen LogP contribution in [0.25, 0.3) is 10.6 Å². The standard InChI is InChI=1S/C16H19N3OS/c1-11-10-13(6-7-17-11)15(20)19-14-4-2-12(3-5-14)16-18-8-9-21-16/h2-5,8-9,11,13,17H,6-7,10H2,1H3,(H,19,20). The highest BCUT2D eigenvalue weighted by Gasteiger charge is 2.24. The normalized spacial score (nSPS) is 22.0. The van der Waals surface area contributed by atoms with Crippen LogP contribution >= 0.6 is 11.3 Å². The van der Waals surface area contributed by atoms with E-state index in [4.69, 9.17) is 0 Å². The SMILES string of the molecule is CC1CC(C(=O)Nc2ccc(-c3nccs3)cc2)CCN1. The Morgan fingerprint density at radius 3 is 2.86 bits per heavy atom. The number of benzene rings is 1. The van der Waals surface area contributed by atoms with Crippen LogP contribution in [0.1, 0.15) is 19.8 Å². The van der Waals surface area contributed by atoms with E-state index in [0.29, 0.717) is 6.04 Å². The van der Waals surface area contributed by atoms with E-state index in [-0.39, 0.29) is 11.8 Å². The molecule has 0 saturated carbocycles. The molecule has 1 aromatic heterocycles. The highest BCUT2D eigenvalue weighted by atomic mass is 32.1. The van der Waals surface area contributed by atoms with Crippen molar-refractivity contribution in [2.45, 2.75) is 25.8 Å². The zero-order chi connectivity index (χ0) is 14.7. The van der Waals surface area contributed by atoms with E-state index in [1.165, 1.54) is 0 Å². The molecule has 4 nitrogen and oxygen atoms in total. The first kappa shape index (κ1) is 14.2. The molecule has 5 heteroatoms. The number of rotatable bonds is 3. The largest absolute Gasteiger partial charge is 0.326 e. The molecular formula is C16H19N3OS. The number of hydrogen-bond acceptors (Lipinski definition) is 4. The average Bonchev–Trinajstić information content (AvgIpc) is 3.02. The van der Waals surface area contributed by atoms with Gasteiger partial charge < -0.3 is 10.6 Å². The van der Waals surface area contributed by atoms with Gasteiger partial charge in [0.15, 0.2) is 0 Å². The predicted octanol–water partition coefficient (Wildman–Crippen LogP) is 3.14. The molecule has 2 unspecified atom stereocenters. The number of aromatic nitrogens is 1. The fourth-order valence-corrected chi connectivity index (χ4v) is 3.32. The van der Waals surface area contributed by atoms with E-state index in [9.17, 15) is 4.79 Å². The van der Waals surface area contributed by atoms with Crippen molar-refractivity contribution in [1.82, 2.24) is 10.3 Å². The number of piperidine rings is 1. The number of amides is 1. The molecule has 2 N–H and O–H groups in total. The second kappa shape index (κ2) is 6.37. The first-order chi connectivity index (χ1) is 10.2. The summed E-state index contributed by atoms with van der Waals surface area (Å²) in [6.45, 7) is 3.05. The van der Waals surface area contributed by atoms with Gasteiger partial charge in [0.2, 0.25) is 5.91 Å². The number of carbonyl (C=O) groups is 1.